The predicted octanol–water partition coefficient (Wildman–Crippen LogP) is -0.929. The molecule has 0 radical (unpaired) electrons. The maximum absolute atomic E-state index is 5.35. The van der Waals surface area contributed by atoms with Gasteiger partial charge in [-0.3, -0.25) is 0 Å². The van der Waals surface area contributed by atoms with Gasteiger partial charge < -0.3 is 30.5 Å². The van der Waals surface area contributed by atoms with Gasteiger partial charge in [-0.2, -0.15) is 0 Å². The molecule has 0 fully saturated rings. The molecule has 0 saturated carbocycles. The smallest absolute Gasteiger partial charge is 1.00 e. The molecule has 0 amide bonds. The van der Waals surface area contributed by atoms with Crippen molar-refractivity contribution in [3.63, 3.8) is 0 Å². The molecule has 0 aromatic heterocycles. The van der Waals surface area contributed by atoms with Crippen LogP contribution in [-0.2, 0) is 28.3 Å². The first-order chi connectivity index (χ1) is 9.29. The van der Waals surface area contributed by atoms with Crippen molar-refractivity contribution in [2.24, 2.45) is 5.73 Å². The van der Waals surface area contributed by atoms with Gasteiger partial charge in [0, 0.05) is 6.54 Å². The predicted molar refractivity (Wildman–Crippen MR) is 93.4 cm³/mol. The SMILES string of the molecule is CC(C)(C)[Si](C)(C)C1=CC=CC1.NCc1ccccc1.[Cl-].[Cl-].[Ti+2]. The molecule has 1 aromatic rings. The fraction of sp³-hybridized carbons (Fsp3) is 0.444. The normalized spacial score (nSPS) is 12.7. The number of hydrogen-bond donors (Lipinski definition) is 1. The van der Waals surface area contributed by atoms with Gasteiger partial charge in [-0.15, -0.1) is 0 Å². The maximum Gasteiger partial charge on any atom is 2.00 e. The van der Waals surface area contributed by atoms with Gasteiger partial charge in [0.25, 0.3) is 0 Å². The van der Waals surface area contributed by atoms with Gasteiger partial charge in [0.1, 0.15) is 0 Å². The summed E-state index contributed by atoms with van der Waals surface area (Å²) in [6.07, 6.45) is 8.01. The van der Waals surface area contributed by atoms with Gasteiger partial charge in [-0.25, -0.2) is 0 Å². The van der Waals surface area contributed by atoms with E-state index in [0.717, 1.165) is 0 Å². The second-order valence-electron chi connectivity index (χ2n) is 6.89. The molecular weight excluding hydrogens is 377 g/mol. The third-order valence-electron chi connectivity index (χ3n) is 4.53. The van der Waals surface area contributed by atoms with E-state index in [1.807, 2.05) is 30.3 Å². The van der Waals surface area contributed by atoms with E-state index in [9.17, 15) is 0 Å². The molecule has 0 atom stereocenters. The first-order valence-corrected chi connectivity index (χ1v) is 10.4. The summed E-state index contributed by atoms with van der Waals surface area (Å²) < 4.78 is 0. The Bertz CT molecular complexity index is 480. The average molecular weight is 406 g/mol. The second-order valence-corrected chi connectivity index (χ2v) is 12.3. The Labute approximate surface area is 170 Å². The van der Waals surface area contributed by atoms with Crippen LogP contribution in [0.3, 0.4) is 0 Å². The number of allylic oxidation sites excluding steroid dienone is 4. The number of halogens is 2. The Morgan fingerprint density at radius 3 is 1.87 bits per heavy atom. The number of nitrogens with two attached hydrogens (primary N) is 1. The van der Waals surface area contributed by atoms with E-state index < -0.39 is 8.07 Å². The molecule has 2 N–H and O–H groups in total. The van der Waals surface area contributed by atoms with Gasteiger partial charge in [0.15, 0.2) is 0 Å². The third-order valence-corrected chi connectivity index (χ3v) is 10.3. The Hall–Kier alpha value is 0.171. The average Bonchev–Trinajstić information content (AvgIpc) is 2.93. The van der Waals surface area contributed by atoms with E-state index >= 15 is 0 Å². The summed E-state index contributed by atoms with van der Waals surface area (Å²) in [5.74, 6) is 0. The Kier molecular flexibility index (Phi) is 15.2. The zero-order chi connectivity index (χ0) is 15.2. The fourth-order valence-electron chi connectivity index (χ4n) is 2.01. The second kappa shape index (κ2) is 12.5. The van der Waals surface area contributed by atoms with Crippen LogP contribution in [0.2, 0.25) is 18.1 Å². The van der Waals surface area contributed by atoms with Crippen LogP contribution in [0.25, 0.3) is 0 Å². The minimum absolute atomic E-state index is 0. The van der Waals surface area contributed by atoms with Crippen LogP contribution in [-0.4, -0.2) is 8.07 Å². The van der Waals surface area contributed by atoms with Crippen molar-refractivity contribution in [1.82, 2.24) is 0 Å². The standard InChI is InChI=1S/C11H20Si.C7H9N.2ClH.Ti/c1-11(2,3)12(4,5)10-8-6-7-9-10;8-6-7-4-2-1-3-5-7;;;/h6-8H,9H2,1-5H3;1-5H,6,8H2;2*1H;/q;;;;+2/p-2. The van der Waals surface area contributed by atoms with Crippen molar-refractivity contribution < 1.29 is 46.5 Å². The quantitative estimate of drug-likeness (QED) is 0.632. The van der Waals surface area contributed by atoms with Crippen LogP contribution < -0.4 is 30.5 Å². The summed E-state index contributed by atoms with van der Waals surface area (Å²) >= 11 is 0. The van der Waals surface area contributed by atoms with Gasteiger partial charge in [-0.1, -0.05) is 87.6 Å². The molecule has 1 nitrogen and oxygen atoms in total. The molecule has 0 aliphatic heterocycles. The van der Waals surface area contributed by atoms with Crippen LogP contribution in [0.15, 0.2) is 53.8 Å². The zero-order valence-electron chi connectivity index (χ0n) is 14.9. The molecule has 1 aliphatic carbocycles. The minimum atomic E-state index is -1.17. The summed E-state index contributed by atoms with van der Waals surface area (Å²) in [6, 6.07) is 9.99. The summed E-state index contributed by atoms with van der Waals surface area (Å²) in [6.45, 7) is 12.7. The Morgan fingerprint density at radius 1 is 1.04 bits per heavy atom. The topological polar surface area (TPSA) is 26.0 Å². The van der Waals surface area contributed by atoms with E-state index in [4.69, 9.17) is 5.73 Å². The Morgan fingerprint density at radius 2 is 1.57 bits per heavy atom. The third kappa shape index (κ3) is 8.72. The molecule has 0 bridgehead atoms. The molecule has 128 valence electrons. The first-order valence-electron chi connectivity index (χ1n) is 7.39. The summed E-state index contributed by atoms with van der Waals surface area (Å²) in [5.41, 5.74) is 6.54. The van der Waals surface area contributed by atoms with Crippen molar-refractivity contribution >= 4 is 8.07 Å². The zero-order valence-corrected chi connectivity index (χ0v) is 18.9. The Balaban J connectivity index is -0.000000325. The van der Waals surface area contributed by atoms with Crippen molar-refractivity contribution in [2.75, 3.05) is 0 Å². The molecule has 2 rings (SSSR count). The molecule has 5 heteroatoms. The molecule has 0 unspecified atom stereocenters. The first kappa shape index (κ1) is 28.0. The van der Waals surface area contributed by atoms with E-state index in [2.05, 4.69) is 52.1 Å². The van der Waals surface area contributed by atoms with Gasteiger partial charge in [0.2, 0.25) is 0 Å². The monoisotopic (exact) mass is 405 g/mol. The fourth-order valence-corrected chi connectivity index (χ4v) is 4.11. The van der Waals surface area contributed by atoms with Crippen molar-refractivity contribution in [2.45, 2.75) is 51.9 Å². The van der Waals surface area contributed by atoms with Crippen LogP contribution >= 0.6 is 0 Å². The molecule has 1 aliphatic rings. The van der Waals surface area contributed by atoms with Crippen LogP contribution in [0.5, 0.6) is 0 Å². The van der Waals surface area contributed by atoms with Gasteiger partial charge in [0.05, 0.1) is 8.07 Å². The molecule has 23 heavy (non-hydrogen) atoms. The van der Waals surface area contributed by atoms with E-state index in [1.165, 1.54) is 12.0 Å². The minimum Gasteiger partial charge on any atom is -1.00 e. The van der Waals surface area contributed by atoms with Crippen molar-refractivity contribution in [3.05, 3.63) is 59.3 Å². The van der Waals surface area contributed by atoms with Gasteiger partial charge >= 0.3 is 21.7 Å². The summed E-state index contributed by atoms with van der Waals surface area (Å²) in [5, 5.41) is 2.19. The summed E-state index contributed by atoms with van der Waals surface area (Å²) in [7, 11) is -1.17. The molecule has 0 heterocycles. The van der Waals surface area contributed by atoms with E-state index in [1.54, 1.807) is 5.20 Å². The van der Waals surface area contributed by atoms with Crippen molar-refractivity contribution in [3.8, 4) is 0 Å². The van der Waals surface area contributed by atoms with E-state index in [0.29, 0.717) is 11.6 Å². The van der Waals surface area contributed by atoms with E-state index in [-0.39, 0.29) is 46.5 Å². The van der Waals surface area contributed by atoms with Crippen LogP contribution in [0, 0.1) is 0 Å². The largest absolute Gasteiger partial charge is 2.00 e. The maximum atomic E-state index is 5.35. The molecule has 0 saturated heterocycles. The molecule has 1 aromatic carbocycles. The number of rotatable bonds is 2. The van der Waals surface area contributed by atoms with Crippen molar-refractivity contribution in [1.29, 1.82) is 0 Å². The van der Waals surface area contributed by atoms with Crippen LogP contribution in [0.4, 0.5) is 0 Å². The summed E-state index contributed by atoms with van der Waals surface area (Å²) in [4.78, 5) is 0. The van der Waals surface area contributed by atoms with Crippen LogP contribution in [0.1, 0.15) is 32.8 Å². The number of benzene rings is 1. The molecular formula is C18H29Cl2NSiTi. The number of hydrogen-bond acceptors (Lipinski definition) is 1. The van der Waals surface area contributed by atoms with Gasteiger partial charge in [-0.05, 0) is 17.0 Å². The molecule has 0 spiro atoms.